The summed E-state index contributed by atoms with van der Waals surface area (Å²) in [7, 11) is 0. The van der Waals surface area contributed by atoms with Crippen LogP contribution < -0.4 is 5.32 Å². The smallest absolute Gasteiger partial charge is 0.0992 e. The molecule has 0 radical (unpaired) electrons. The van der Waals surface area contributed by atoms with E-state index in [9.17, 15) is 0 Å². The molecule has 0 spiro atoms. The van der Waals surface area contributed by atoms with Crippen molar-refractivity contribution in [2.45, 2.75) is 26.3 Å². The molecule has 0 aliphatic heterocycles. The van der Waals surface area contributed by atoms with Crippen molar-refractivity contribution in [1.82, 2.24) is 0 Å². The third-order valence-electron chi connectivity index (χ3n) is 2.80. The highest BCUT2D eigenvalue weighted by Gasteiger charge is 2.08. The number of hydrogen-bond acceptors (Lipinski definition) is 3. The zero-order valence-electron chi connectivity index (χ0n) is 10.9. The second-order valence-electron chi connectivity index (χ2n) is 4.57. The number of thiophene rings is 1. The quantitative estimate of drug-likeness (QED) is 0.891. The van der Waals surface area contributed by atoms with Gasteiger partial charge in [-0.2, -0.15) is 5.26 Å². The molecule has 0 aliphatic rings. The molecule has 1 atom stereocenters. The summed E-state index contributed by atoms with van der Waals surface area (Å²) in [5.41, 5.74) is 1.46. The lowest BCUT2D eigenvalue weighted by atomic mass is 10.1. The summed E-state index contributed by atoms with van der Waals surface area (Å²) in [6.45, 7) is 4.24. The predicted molar refractivity (Wildman–Crippen MR) is 82.0 cm³/mol. The molecule has 98 valence electrons. The predicted octanol–water partition coefficient (Wildman–Crippen LogP) is 4.62. The van der Waals surface area contributed by atoms with E-state index in [1.807, 2.05) is 17.4 Å². The zero-order valence-corrected chi connectivity index (χ0v) is 12.5. The Bertz CT molecular complexity index is 613. The van der Waals surface area contributed by atoms with Gasteiger partial charge >= 0.3 is 0 Å². The normalized spacial score (nSPS) is 11.9. The molecule has 1 heterocycles. The van der Waals surface area contributed by atoms with Gasteiger partial charge in [-0.1, -0.05) is 11.6 Å². The van der Waals surface area contributed by atoms with Crippen LogP contribution in [-0.2, 0) is 6.42 Å². The minimum absolute atomic E-state index is 0.295. The van der Waals surface area contributed by atoms with Crippen molar-refractivity contribution in [1.29, 1.82) is 5.26 Å². The first kappa shape index (κ1) is 13.9. The van der Waals surface area contributed by atoms with E-state index >= 15 is 0 Å². The molecule has 0 saturated heterocycles. The molecule has 0 amide bonds. The minimum Gasteiger partial charge on any atom is -0.381 e. The first-order valence-corrected chi connectivity index (χ1v) is 7.29. The van der Waals surface area contributed by atoms with Crippen LogP contribution in [0.25, 0.3) is 0 Å². The van der Waals surface area contributed by atoms with Gasteiger partial charge in [-0.3, -0.25) is 0 Å². The third kappa shape index (κ3) is 3.73. The summed E-state index contributed by atoms with van der Waals surface area (Å²) in [4.78, 5) is 2.70. The van der Waals surface area contributed by atoms with Crippen LogP contribution in [0.1, 0.15) is 22.2 Å². The van der Waals surface area contributed by atoms with Gasteiger partial charge in [0, 0.05) is 22.2 Å². The topological polar surface area (TPSA) is 35.8 Å². The minimum atomic E-state index is 0.295. The van der Waals surface area contributed by atoms with Crippen LogP contribution in [0, 0.1) is 18.3 Å². The highest BCUT2D eigenvalue weighted by molar-refractivity contribution is 7.11. The number of benzene rings is 1. The first-order valence-electron chi connectivity index (χ1n) is 6.10. The maximum atomic E-state index is 8.80. The number of nitriles is 1. The molecule has 2 aromatic rings. The van der Waals surface area contributed by atoms with Crippen molar-refractivity contribution in [2.75, 3.05) is 5.32 Å². The standard InChI is InChI=1S/C15H15ClN2S/c1-10(7-13-5-3-11(2)19-13)18-15-6-4-12(9-17)8-14(15)16/h3-6,8,10,18H,7H2,1-2H3. The van der Waals surface area contributed by atoms with Crippen LogP contribution in [0.3, 0.4) is 0 Å². The van der Waals surface area contributed by atoms with Gasteiger partial charge < -0.3 is 5.32 Å². The van der Waals surface area contributed by atoms with E-state index in [1.54, 1.807) is 12.1 Å². The van der Waals surface area contributed by atoms with Crippen LogP contribution in [0.2, 0.25) is 5.02 Å². The highest BCUT2D eigenvalue weighted by Crippen LogP contribution is 2.25. The molecule has 2 nitrogen and oxygen atoms in total. The van der Waals surface area contributed by atoms with E-state index in [0.29, 0.717) is 16.6 Å². The Morgan fingerprint density at radius 3 is 2.74 bits per heavy atom. The van der Waals surface area contributed by atoms with Crippen LogP contribution in [0.5, 0.6) is 0 Å². The molecule has 1 unspecified atom stereocenters. The summed E-state index contributed by atoms with van der Waals surface area (Å²) in [6, 6.07) is 12.0. The SMILES string of the molecule is Cc1ccc(CC(C)Nc2ccc(C#N)cc2Cl)s1. The lowest BCUT2D eigenvalue weighted by Gasteiger charge is -2.15. The van der Waals surface area contributed by atoms with Crippen molar-refractivity contribution < 1.29 is 0 Å². The Balaban J connectivity index is 2.03. The molecule has 1 N–H and O–H groups in total. The number of hydrogen-bond donors (Lipinski definition) is 1. The Hall–Kier alpha value is -1.50. The molecular weight excluding hydrogens is 276 g/mol. The molecule has 0 saturated carbocycles. The summed E-state index contributed by atoms with van der Waals surface area (Å²) < 4.78 is 0. The summed E-state index contributed by atoms with van der Waals surface area (Å²) in [6.07, 6.45) is 0.967. The molecule has 4 heteroatoms. The number of anilines is 1. The van der Waals surface area contributed by atoms with Crippen molar-refractivity contribution in [3.05, 3.63) is 50.7 Å². The number of halogens is 1. The second-order valence-corrected chi connectivity index (χ2v) is 6.35. The number of aryl methyl sites for hydroxylation is 1. The monoisotopic (exact) mass is 290 g/mol. The maximum absolute atomic E-state index is 8.80. The maximum Gasteiger partial charge on any atom is 0.0992 e. The van der Waals surface area contributed by atoms with Gasteiger partial charge in [0.05, 0.1) is 22.3 Å². The van der Waals surface area contributed by atoms with Crippen molar-refractivity contribution in [3.63, 3.8) is 0 Å². The van der Waals surface area contributed by atoms with Crippen molar-refractivity contribution in [3.8, 4) is 6.07 Å². The molecule has 0 fully saturated rings. The van der Waals surface area contributed by atoms with Gasteiger partial charge in [-0.05, 0) is 44.2 Å². The van der Waals surface area contributed by atoms with E-state index in [2.05, 4.69) is 37.4 Å². The fourth-order valence-corrected chi connectivity index (χ4v) is 3.17. The molecule has 19 heavy (non-hydrogen) atoms. The summed E-state index contributed by atoms with van der Waals surface area (Å²) in [5, 5.41) is 12.8. The van der Waals surface area contributed by atoms with E-state index < -0.39 is 0 Å². The van der Waals surface area contributed by atoms with Gasteiger partial charge in [0.15, 0.2) is 0 Å². The van der Waals surface area contributed by atoms with E-state index in [0.717, 1.165) is 12.1 Å². The van der Waals surface area contributed by atoms with Gasteiger partial charge in [0.2, 0.25) is 0 Å². The van der Waals surface area contributed by atoms with Crippen LogP contribution in [0.4, 0.5) is 5.69 Å². The Morgan fingerprint density at radius 2 is 2.16 bits per heavy atom. The van der Waals surface area contributed by atoms with E-state index in [1.165, 1.54) is 9.75 Å². The molecule has 0 bridgehead atoms. The molecule has 1 aromatic carbocycles. The van der Waals surface area contributed by atoms with Gasteiger partial charge in [-0.25, -0.2) is 0 Å². The van der Waals surface area contributed by atoms with Crippen LogP contribution in [-0.4, -0.2) is 6.04 Å². The van der Waals surface area contributed by atoms with Crippen LogP contribution >= 0.6 is 22.9 Å². The number of nitrogens with zero attached hydrogens (tertiary/aromatic N) is 1. The summed E-state index contributed by atoms with van der Waals surface area (Å²) in [5.74, 6) is 0. The average molecular weight is 291 g/mol. The van der Waals surface area contributed by atoms with E-state index in [4.69, 9.17) is 16.9 Å². The van der Waals surface area contributed by atoms with Gasteiger partial charge in [0.25, 0.3) is 0 Å². The fraction of sp³-hybridized carbons (Fsp3) is 0.267. The van der Waals surface area contributed by atoms with Crippen molar-refractivity contribution in [2.24, 2.45) is 0 Å². The molecule has 0 aliphatic carbocycles. The number of rotatable bonds is 4. The first-order chi connectivity index (χ1) is 9.08. The lowest BCUT2D eigenvalue weighted by Crippen LogP contribution is -2.17. The fourth-order valence-electron chi connectivity index (χ4n) is 1.91. The third-order valence-corrected chi connectivity index (χ3v) is 4.14. The Morgan fingerprint density at radius 1 is 1.37 bits per heavy atom. The highest BCUT2D eigenvalue weighted by atomic mass is 35.5. The van der Waals surface area contributed by atoms with Gasteiger partial charge in [0.1, 0.15) is 0 Å². The zero-order chi connectivity index (χ0) is 13.8. The lowest BCUT2D eigenvalue weighted by molar-refractivity contribution is 0.800. The average Bonchev–Trinajstić information content (AvgIpc) is 2.77. The van der Waals surface area contributed by atoms with E-state index in [-0.39, 0.29) is 0 Å². The molecular formula is C15H15ClN2S. The Kier molecular flexibility index (Phi) is 4.47. The molecule has 1 aromatic heterocycles. The largest absolute Gasteiger partial charge is 0.381 e. The molecule has 2 rings (SSSR count). The van der Waals surface area contributed by atoms with Crippen molar-refractivity contribution >= 4 is 28.6 Å². The van der Waals surface area contributed by atoms with Crippen LogP contribution in [0.15, 0.2) is 30.3 Å². The Labute approximate surface area is 122 Å². The number of nitrogens with one attached hydrogen (secondary N) is 1. The summed E-state index contributed by atoms with van der Waals surface area (Å²) >= 11 is 7.97. The second kappa shape index (κ2) is 6.10. The van der Waals surface area contributed by atoms with Gasteiger partial charge in [-0.15, -0.1) is 11.3 Å².